The fourth-order valence-corrected chi connectivity index (χ4v) is 3.75. The molecule has 148 valence electrons. The number of amides is 2. The number of benzene rings is 1. The number of unbranched alkanes of at least 4 members (excludes halogenated alkanes) is 1. The molecule has 0 fully saturated rings. The van der Waals surface area contributed by atoms with Gasteiger partial charge in [-0.15, -0.1) is 11.8 Å². The van der Waals surface area contributed by atoms with Gasteiger partial charge in [0.05, 0.1) is 5.69 Å². The molecule has 1 aromatic carbocycles. The highest BCUT2D eigenvalue weighted by Crippen LogP contribution is 2.32. The van der Waals surface area contributed by atoms with E-state index in [1.807, 2.05) is 0 Å². The number of anilines is 1. The van der Waals surface area contributed by atoms with Crippen molar-refractivity contribution in [1.82, 2.24) is 4.90 Å². The van der Waals surface area contributed by atoms with Crippen LogP contribution in [0.1, 0.15) is 40.5 Å². The quantitative estimate of drug-likeness (QED) is 0.652. The number of rotatable bonds is 7. The molecule has 0 aliphatic carbocycles. The first-order valence-corrected chi connectivity index (χ1v) is 10.1. The van der Waals surface area contributed by atoms with E-state index in [9.17, 15) is 14.0 Å². The molecular formula is C19H24ClFN2O3S. The number of hydrogen-bond donors (Lipinski definition) is 1. The Morgan fingerprint density at radius 1 is 1.44 bits per heavy atom. The van der Waals surface area contributed by atoms with E-state index in [-0.39, 0.29) is 18.3 Å². The van der Waals surface area contributed by atoms with Gasteiger partial charge in [-0.2, -0.15) is 0 Å². The van der Waals surface area contributed by atoms with E-state index in [1.165, 1.54) is 34.9 Å². The highest BCUT2D eigenvalue weighted by molar-refractivity contribution is 8.04. The molecule has 0 atom stereocenters. The molecule has 0 saturated heterocycles. The number of carbonyl (C=O) groups excluding carboxylic acids is 2. The van der Waals surface area contributed by atoms with Crippen LogP contribution in [0.25, 0.3) is 0 Å². The zero-order valence-electron chi connectivity index (χ0n) is 15.9. The monoisotopic (exact) mass is 414 g/mol. The Balaban J connectivity index is 2.18. The summed E-state index contributed by atoms with van der Waals surface area (Å²) in [6.07, 6.45) is 2.00. The number of allylic oxidation sites excluding steroid dienone is 1. The van der Waals surface area contributed by atoms with Crippen molar-refractivity contribution in [2.24, 2.45) is 0 Å². The predicted molar refractivity (Wildman–Crippen MR) is 107 cm³/mol. The summed E-state index contributed by atoms with van der Waals surface area (Å²) in [5.41, 5.74) is -1.28. The van der Waals surface area contributed by atoms with E-state index in [0.717, 1.165) is 18.6 Å². The molecule has 0 saturated carbocycles. The lowest BCUT2D eigenvalue weighted by Crippen LogP contribution is -2.57. The number of hydrogen-bond acceptors (Lipinski definition) is 4. The van der Waals surface area contributed by atoms with Crippen LogP contribution in [-0.4, -0.2) is 34.7 Å². The molecule has 5 nitrogen and oxygen atoms in total. The van der Waals surface area contributed by atoms with Gasteiger partial charge in [0, 0.05) is 5.02 Å². The highest BCUT2D eigenvalue weighted by atomic mass is 35.5. The average molecular weight is 415 g/mol. The summed E-state index contributed by atoms with van der Waals surface area (Å²) in [6, 6.07) is 3.90. The Bertz CT molecular complexity index is 767. The van der Waals surface area contributed by atoms with Gasteiger partial charge in [0.15, 0.2) is 6.73 Å². The number of nitrogens with one attached hydrogen (secondary N) is 1. The predicted octanol–water partition coefficient (Wildman–Crippen LogP) is 4.78. The summed E-state index contributed by atoms with van der Waals surface area (Å²) in [4.78, 5) is 27.6. The van der Waals surface area contributed by atoms with Crippen LogP contribution in [0.15, 0.2) is 28.9 Å². The van der Waals surface area contributed by atoms with Crippen molar-refractivity contribution in [2.75, 3.05) is 17.8 Å². The van der Waals surface area contributed by atoms with Crippen LogP contribution in [0.3, 0.4) is 0 Å². The Morgan fingerprint density at radius 3 is 2.81 bits per heavy atom. The lowest BCUT2D eigenvalue weighted by atomic mass is 10.0. The molecule has 27 heavy (non-hydrogen) atoms. The van der Waals surface area contributed by atoms with Gasteiger partial charge in [-0.25, -0.2) is 4.39 Å². The van der Waals surface area contributed by atoms with E-state index in [2.05, 4.69) is 12.2 Å². The number of halogens is 2. The fraction of sp³-hybridized carbons (Fsp3) is 0.474. The Hall–Kier alpha value is -1.73. The third-order valence-corrected chi connectivity index (χ3v) is 5.80. The molecule has 0 bridgehead atoms. The van der Waals surface area contributed by atoms with Gasteiger partial charge in [0.25, 0.3) is 5.91 Å². The van der Waals surface area contributed by atoms with Crippen LogP contribution in [0, 0.1) is 5.82 Å². The van der Waals surface area contributed by atoms with Crippen LogP contribution in [0.5, 0.6) is 0 Å². The van der Waals surface area contributed by atoms with Crippen LogP contribution >= 0.6 is 23.4 Å². The summed E-state index contributed by atoms with van der Waals surface area (Å²) < 4.78 is 19.6. The molecule has 1 aliphatic heterocycles. The van der Waals surface area contributed by atoms with Crippen LogP contribution in [0.4, 0.5) is 10.1 Å². The van der Waals surface area contributed by atoms with Gasteiger partial charge in [0.1, 0.15) is 22.0 Å². The zero-order chi connectivity index (χ0) is 20.2. The standard InChI is InChI=1S/C19H24ClFN2O3S/c1-5-6-9-27-16-12(2)26-11-23(17(16)24)19(3,4)18(25)22-15-10-13(20)7-8-14(15)21/h7-8,10H,5-6,9,11H2,1-4H3,(H,22,25). The lowest BCUT2D eigenvalue weighted by molar-refractivity contribution is -0.148. The first-order chi connectivity index (χ1) is 12.7. The van der Waals surface area contributed by atoms with Gasteiger partial charge in [-0.3, -0.25) is 14.5 Å². The summed E-state index contributed by atoms with van der Waals surface area (Å²) in [5, 5.41) is 2.82. The van der Waals surface area contributed by atoms with E-state index in [4.69, 9.17) is 16.3 Å². The minimum absolute atomic E-state index is 0.0322. The van der Waals surface area contributed by atoms with Crippen LogP contribution in [0.2, 0.25) is 5.02 Å². The third kappa shape index (κ3) is 4.96. The molecule has 0 radical (unpaired) electrons. The third-order valence-electron chi connectivity index (χ3n) is 4.32. The molecule has 1 aromatic rings. The minimum atomic E-state index is -1.25. The van der Waals surface area contributed by atoms with Gasteiger partial charge < -0.3 is 10.1 Å². The molecule has 2 rings (SSSR count). The van der Waals surface area contributed by atoms with Crippen LogP contribution < -0.4 is 5.32 Å². The number of thioether (sulfide) groups is 1. The average Bonchev–Trinajstić information content (AvgIpc) is 2.60. The SMILES string of the molecule is CCCCSC1=C(C)OCN(C(C)(C)C(=O)Nc2cc(Cl)ccc2F)C1=O. The normalized spacial score (nSPS) is 15.0. The van der Waals surface area contributed by atoms with Crippen molar-refractivity contribution < 1.29 is 18.7 Å². The Labute approximate surface area is 168 Å². The second-order valence-corrected chi connectivity index (χ2v) is 8.27. The van der Waals surface area contributed by atoms with Gasteiger partial charge in [-0.05, 0) is 51.1 Å². The van der Waals surface area contributed by atoms with Crippen molar-refractivity contribution in [3.63, 3.8) is 0 Å². The molecular weight excluding hydrogens is 391 g/mol. The molecule has 1 heterocycles. The molecule has 1 N–H and O–H groups in total. The van der Waals surface area contributed by atoms with Crippen molar-refractivity contribution in [1.29, 1.82) is 0 Å². The second-order valence-electron chi connectivity index (χ2n) is 6.73. The molecule has 1 aliphatic rings. The number of nitrogens with zero attached hydrogens (tertiary/aromatic N) is 1. The summed E-state index contributed by atoms with van der Waals surface area (Å²) in [7, 11) is 0. The first kappa shape index (κ1) is 21.6. The van der Waals surface area contributed by atoms with Crippen molar-refractivity contribution in [3.05, 3.63) is 39.7 Å². The summed E-state index contributed by atoms with van der Waals surface area (Å²) in [5.74, 6) is -0.0256. The minimum Gasteiger partial charge on any atom is -0.476 e. The maximum Gasteiger partial charge on any atom is 0.267 e. The van der Waals surface area contributed by atoms with Gasteiger partial charge in [-0.1, -0.05) is 24.9 Å². The van der Waals surface area contributed by atoms with E-state index < -0.39 is 17.3 Å². The summed E-state index contributed by atoms with van der Waals surface area (Å²) in [6.45, 7) is 6.98. The zero-order valence-corrected chi connectivity index (χ0v) is 17.5. The molecule has 0 aromatic heterocycles. The topological polar surface area (TPSA) is 58.6 Å². The van der Waals surface area contributed by atoms with Crippen molar-refractivity contribution >= 4 is 40.9 Å². The fourth-order valence-electron chi connectivity index (χ4n) is 2.45. The van der Waals surface area contributed by atoms with Gasteiger partial charge >= 0.3 is 0 Å². The summed E-state index contributed by atoms with van der Waals surface area (Å²) >= 11 is 7.30. The van der Waals surface area contributed by atoms with Crippen LogP contribution in [-0.2, 0) is 14.3 Å². The molecule has 0 unspecified atom stereocenters. The van der Waals surface area contributed by atoms with E-state index in [1.54, 1.807) is 20.8 Å². The first-order valence-electron chi connectivity index (χ1n) is 8.73. The smallest absolute Gasteiger partial charge is 0.267 e. The Morgan fingerprint density at radius 2 is 2.15 bits per heavy atom. The molecule has 8 heteroatoms. The molecule has 0 spiro atoms. The van der Waals surface area contributed by atoms with Gasteiger partial charge in [0.2, 0.25) is 5.91 Å². The maximum absolute atomic E-state index is 13.9. The highest BCUT2D eigenvalue weighted by Gasteiger charge is 2.42. The van der Waals surface area contributed by atoms with Crippen molar-refractivity contribution in [2.45, 2.75) is 46.1 Å². The largest absolute Gasteiger partial charge is 0.476 e. The molecule has 2 amide bonds. The lowest BCUT2D eigenvalue weighted by Gasteiger charge is -2.39. The number of ether oxygens (including phenoxy) is 1. The van der Waals surface area contributed by atoms with E-state index >= 15 is 0 Å². The van der Waals surface area contributed by atoms with E-state index in [0.29, 0.717) is 15.7 Å². The second kappa shape index (κ2) is 8.97. The maximum atomic E-state index is 13.9. The van der Waals surface area contributed by atoms with Crippen molar-refractivity contribution in [3.8, 4) is 0 Å². The Kier molecular flexibility index (Phi) is 7.17. The number of carbonyl (C=O) groups is 2.